The number of carboxylic acid groups (broad SMARTS) is 1. The Labute approximate surface area is 91.0 Å². The van der Waals surface area contributed by atoms with Gasteiger partial charge in [0.1, 0.15) is 6.61 Å². The van der Waals surface area contributed by atoms with Gasteiger partial charge in [-0.1, -0.05) is 6.07 Å². The van der Waals surface area contributed by atoms with E-state index >= 15 is 0 Å². The third-order valence-corrected chi connectivity index (χ3v) is 1.79. The molecular weight excluding hydrogens is 216 g/mol. The first-order valence-corrected chi connectivity index (χ1v) is 4.30. The second-order valence-corrected chi connectivity index (χ2v) is 2.89. The van der Waals surface area contributed by atoms with E-state index in [-0.39, 0.29) is 18.1 Å². The fourth-order valence-electron chi connectivity index (χ4n) is 1.02. The Hall–Kier alpha value is -2.24. The first-order valence-electron chi connectivity index (χ1n) is 4.30. The molecular formula is C10H10O6. The maximum absolute atomic E-state index is 10.6. The van der Waals surface area contributed by atoms with Crippen LogP contribution in [0.15, 0.2) is 18.2 Å². The molecule has 1 aromatic carbocycles. The molecule has 0 saturated heterocycles. The second kappa shape index (κ2) is 5.01. The summed E-state index contributed by atoms with van der Waals surface area (Å²) in [6.45, 7) is -0.193. The lowest BCUT2D eigenvalue weighted by atomic mass is 10.2. The van der Waals surface area contributed by atoms with E-state index in [1.165, 1.54) is 25.3 Å². The average molecular weight is 226 g/mol. The van der Waals surface area contributed by atoms with Gasteiger partial charge in [-0.25, -0.2) is 9.59 Å². The van der Waals surface area contributed by atoms with E-state index in [0.717, 1.165) is 0 Å². The van der Waals surface area contributed by atoms with Gasteiger partial charge in [-0.2, -0.15) is 0 Å². The topological polar surface area (TPSA) is 93.1 Å². The molecule has 1 aromatic rings. The normalized spacial score (nSPS) is 9.56. The monoisotopic (exact) mass is 226 g/mol. The number of rotatable bonds is 3. The van der Waals surface area contributed by atoms with Crippen molar-refractivity contribution in [2.75, 3.05) is 7.11 Å². The Kier molecular flexibility index (Phi) is 3.71. The van der Waals surface area contributed by atoms with Crippen LogP contribution >= 0.6 is 0 Å². The molecule has 0 saturated carbocycles. The summed E-state index contributed by atoms with van der Waals surface area (Å²) in [5.74, 6) is -2.79. The molecule has 0 aliphatic heterocycles. The maximum Gasteiger partial charge on any atom is 0.417 e. The number of carbonyl (C=O) groups is 2. The number of esters is 1. The second-order valence-electron chi connectivity index (χ2n) is 2.89. The van der Waals surface area contributed by atoms with Crippen LogP contribution in [0.2, 0.25) is 0 Å². The van der Waals surface area contributed by atoms with Crippen molar-refractivity contribution < 1.29 is 29.3 Å². The Bertz CT molecular complexity index is 412. The van der Waals surface area contributed by atoms with Crippen molar-refractivity contribution in [1.29, 1.82) is 0 Å². The maximum atomic E-state index is 10.6. The van der Waals surface area contributed by atoms with E-state index in [1.807, 2.05) is 0 Å². The number of phenolic OH excluding ortho intramolecular Hbond substituents is 1. The molecule has 1 rings (SSSR count). The number of phenols is 1. The van der Waals surface area contributed by atoms with Crippen molar-refractivity contribution in [3.05, 3.63) is 23.8 Å². The fraction of sp³-hybridized carbons (Fsp3) is 0.200. The molecule has 6 heteroatoms. The summed E-state index contributed by atoms with van der Waals surface area (Å²) in [5.41, 5.74) is 0.518. The van der Waals surface area contributed by atoms with E-state index in [0.29, 0.717) is 5.56 Å². The van der Waals surface area contributed by atoms with Crippen molar-refractivity contribution in [2.45, 2.75) is 6.61 Å². The molecule has 0 heterocycles. The lowest BCUT2D eigenvalue weighted by Gasteiger charge is -2.06. The number of aliphatic carboxylic acids is 1. The summed E-state index contributed by atoms with van der Waals surface area (Å²) in [4.78, 5) is 20.8. The van der Waals surface area contributed by atoms with E-state index < -0.39 is 11.9 Å². The van der Waals surface area contributed by atoms with E-state index in [4.69, 9.17) is 9.84 Å². The Morgan fingerprint density at radius 1 is 1.38 bits per heavy atom. The van der Waals surface area contributed by atoms with Gasteiger partial charge in [0.2, 0.25) is 0 Å². The summed E-state index contributed by atoms with van der Waals surface area (Å²) >= 11 is 0. The number of carboxylic acids is 1. The van der Waals surface area contributed by atoms with Gasteiger partial charge in [-0.3, -0.25) is 0 Å². The zero-order chi connectivity index (χ0) is 12.1. The van der Waals surface area contributed by atoms with Crippen LogP contribution in [0.1, 0.15) is 5.56 Å². The average Bonchev–Trinajstić information content (AvgIpc) is 2.27. The van der Waals surface area contributed by atoms with Gasteiger partial charge in [-0.05, 0) is 17.7 Å². The lowest BCUT2D eigenvalue weighted by molar-refractivity contribution is -0.164. The van der Waals surface area contributed by atoms with Crippen LogP contribution in [-0.4, -0.2) is 29.3 Å². The zero-order valence-electron chi connectivity index (χ0n) is 8.47. The molecule has 16 heavy (non-hydrogen) atoms. The number of hydrogen-bond donors (Lipinski definition) is 2. The van der Waals surface area contributed by atoms with E-state index in [1.54, 1.807) is 0 Å². The Morgan fingerprint density at radius 3 is 2.62 bits per heavy atom. The zero-order valence-corrected chi connectivity index (χ0v) is 8.47. The number of aromatic hydroxyl groups is 1. The smallest absolute Gasteiger partial charge is 0.417 e. The van der Waals surface area contributed by atoms with Crippen LogP contribution in [0.3, 0.4) is 0 Å². The van der Waals surface area contributed by atoms with Crippen molar-refractivity contribution in [1.82, 2.24) is 0 Å². The Balaban J connectivity index is 2.68. The number of methoxy groups -OCH3 is 1. The van der Waals surface area contributed by atoms with Crippen molar-refractivity contribution >= 4 is 11.9 Å². The minimum Gasteiger partial charge on any atom is -0.504 e. The predicted octanol–water partition coefficient (Wildman–Crippen LogP) is 0.529. The summed E-state index contributed by atoms with van der Waals surface area (Å²) in [7, 11) is 1.38. The third-order valence-electron chi connectivity index (χ3n) is 1.79. The number of carbonyl (C=O) groups excluding carboxylic acids is 1. The summed E-state index contributed by atoms with van der Waals surface area (Å²) in [6.07, 6.45) is 0. The Morgan fingerprint density at radius 2 is 2.06 bits per heavy atom. The highest BCUT2D eigenvalue weighted by molar-refractivity contribution is 6.28. The van der Waals surface area contributed by atoms with Gasteiger partial charge >= 0.3 is 11.9 Å². The minimum absolute atomic E-state index is 0.0455. The summed E-state index contributed by atoms with van der Waals surface area (Å²) in [5, 5.41) is 17.5. The van der Waals surface area contributed by atoms with Crippen molar-refractivity contribution in [3.8, 4) is 11.5 Å². The first-order chi connectivity index (χ1) is 7.54. The van der Waals surface area contributed by atoms with Crippen LogP contribution in [0, 0.1) is 0 Å². The van der Waals surface area contributed by atoms with Crippen LogP contribution in [0.4, 0.5) is 0 Å². The van der Waals surface area contributed by atoms with Crippen molar-refractivity contribution in [3.63, 3.8) is 0 Å². The van der Waals surface area contributed by atoms with Gasteiger partial charge in [-0.15, -0.1) is 0 Å². The largest absolute Gasteiger partial charge is 0.504 e. The van der Waals surface area contributed by atoms with Crippen LogP contribution in [0.25, 0.3) is 0 Å². The lowest BCUT2D eigenvalue weighted by Crippen LogP contribution is -2.15. The van der Waals surface area contributed by atoms with Gasteiger partial charge < -0.3 is 19.7 Å². The minimum atomic E-state index is -1.65. The van der Waals surface area contributed by atoms with Crippen LogP contribution in [0.5, 0.6) is 11.5 Å². The van der Waals surface area contributed by atoms with Crippen molar-refractivity contribution in [2.24, 2.45) is 0 Å². The molecule has 86 valence electrons. The molecule has 6 nitrogen and oxygen atoms in total. The summed E-state index contributed by atoms with van der Waals surface area (Å²) in [6, 6.07) is 4.31. The molecule has 0 atom stereocenters. The van der Waals surface area contributed by atoms with Gasteiger partial charge in [0.05, 0.1) is 7.11 Å². The number of ether oxygens (including phenoxy) is 2. The molecule has 0 fully saturated rings. The fourth-order valence-corrected chi connectivity index (χ4v) is 1.02. The van der Waals surface area contributed by atoms with Crippen LogP contribution in [-0.2, 0) is 20.9 Å². The van der Waals surface area contributed by atoms with E-state index in [2.05, 4.69) is 4.74 Å². The molecule has 0 unspecified atom stereocenters. The molecule has 0 spiro atoms. The van der Waals surface area contributed by atoms with Gasteiger partial charge in [0.25, 0.3) is 0 Å². The third kappa shape index (κ3) is 2.88. The first kappa shape index (κ1) is 11.8. The highest BCUT2D eigenvalue weighted by atomic mass is 16.6. The van der Waals surface area contributed by atoms with E-state index in [9.17, 15) is 14.7 Å². The summed E-state index contributed by atoms with van der Waals surface area (Å²) < 4.78 is 9.29. The molecule has 0 aromatic heterocycles. The standard InChI is InChI=1S/C10H10O6/c1-15-8-4-6(2-3-7(8)11)5-16-10(14)9(12)13/h2-4,11H,5H2,1H3,(H,12,13). The van der Waals surface area contributed by atoms with Crippen LogP contribution < -0.4 is 4.74 Å². The highest BCUT2D eigenvalue weighted by Crippen LogP contribution is 2.26. The number of hydrogen-bond acceptors (Lipinski definition) is 5. The molecule has 0 aliphatic rings. The number of benzene rings is 1. The molecule has 0 radical (unpaired) electrons. The molecule has 0 bridgehead atoms. The van der Waals surface area contributed by atoms with Gasteiger partial charge in [0, 0.05) is 0 Å². The predicted molar refractivity (Wildman–Crippen MR) is 52.1 cm³/mol. The quantitative estimate of drug-likeness (QED) is 0.576. The SMILES string of the molecule is COc1cc(COC(=O)C(=O)O)ccc1O. The molecule has 2 N–H and O–H groups in total. The molecule has 0 amide bonds. The van der Waals surface area contributed by atoms with Gasteiger partial charge in [0.15, 0.2) is 11.5 Å². The molecule has 0 aliphatic carbocycles. The highest BCUT2D eigenvalue weighted by Gasteiger charge is 2.13.